The first-order valence-electron chi connectivity index (χ1n) is 19.2. The molecule has 0 saturated carbocycles. The molecule has 0 aliphatic heterocycles. The Balaban J connectivity index is 0.00000253. The summed E-state index contributed by atoms with van der Waals surface area (Å²) in [5, 5.41) is 6.86. The Bertz CT molecular complexity index is 2740. The summed E-state index contributed by atoms with van der Waals surface area (Å²) in [5.74, 6) is 0. The first-order chi connectivity index (χ1) is 26.9. The van der Waals surface area contributed by atoms with E-state index in [1.54, 1.807) is 0 Å². The van der Waals surface area contributed by atoms with E-state index in [1.165, 1.54) is 43.5 Å². The van der Waals surface area contributed by atoms with Crippen LogP contribution in [0.15, 0.2) is 206 Å². The molecule has 0 radical (unpaired) electrons. The fourth-order valence-electron chi connectivity index (χ4n) is 7.12. The number of hydrogen-bond donors (Lipinski definition) is 0. The van der Waals surface area contributed by atoms with Crippen molar-refractivity contribution < 1.29 is 0 Å². The maximum absolute atomic E-state index is 4.62. The van der Waals surface area contributed by atoms with Crippen molar-refractivity contribution in [3.05, 3.63) is 243 Å². The third-order valence-electron chi connectivity index (χ3n) is 10.1. The van der Waals surface area contributed by atoms with E-state index >= 15 is 0 Å². The van der Waals surface area contributed by atoms with Crippen LogP contribution >= 0.6 is 0 Å². The molecule has 0 N–H and O–H groups in total. The molecule has 0 atom stereocenters. The van der Waals surface area contributed by atoms with E-state index in [0.717, 1.165) is 55.9 Å². The highest BCUT2D eigenvalue weighted by molar-refractivity contribution is 5.93. The molecule has 0 amide bonds. The van der Waals surface area contributed by atoms with Gasteiger partial charge in [-0.15, -0.1) is 0 Å². The number of allylic oxidation sites excluding steroid dienone is 10. The number of fused-ring (bicyclic) bond motifs is 2. The van der Waals surface area contributed by atoms with E-state index in [4.69, 9.17) is 0 Å². The summed E-state index contributed by atoms with van der Waals surface area (Å²) in [7, 11) is 0. The molecule has 1 aliphatic carbocycles. The summed E-state index contributed by atoms with van der Waals surface area (Å²) in [6, 6.07) is 50.0. The summed E-state index contributed by atoms with van der Waals surface area (Å²) in [4.78, 5) is 0. The lowest BCUT2D eigenvalue weighted by Gasteiger charge is -2.15. The van der Waals surface area contributed by atoms with Gasteiger partial charge in [0.1, 0.15) is 0 Å². The van der Waals surface area contributed by atoms with Crippen LogP contribution in [0.4, 0.5) is 0 Å². The van der Waals surface area contributed by atoms with E-state index in [-0.39, 0.29) is 0 Å². The molecule has 0 aromatic heterocycles. The number of rotatable bonds is 7. The zero-order valence-electron chi connectivity index (χ0n) is 32.6. The van der Waals surface area contributed by atoms with Crippen molar-refractivity contribution in [2.45, 2.75) is 34.1 Å². The van der Waals surface area contributed by atoms with Gasteiger partial charge in [0.05, 0.1) is 0 Å². The highest BCUT2D eigenvalue weighted by Gasteiger charge is 2.12. The van der Waals surface area contributed by atoms with Crippen molar-refractivity contribution in [1.82, 2.24) is 0 Å². The van der Waals surface area contributed by atoms with E-state index in [2.05, 4.69) is 197 Å². The van der Waals surface area contributed by atoms with Gasteiger partial charge in [0.25, 0.3) is 0 Å². The summed E-state index contributed by atoms with van der Waals surface area (Å²) >= 11 is 0. The molecule has 0 saturated heterocycles. The summed E-state index contributed by atoms with van der Waals surface area (Å²) < 4.78 is 0. The SMILES string of the molecule is C=C(/C=c1/ccccc1=C)/C(C)=C/C(=C\C)c1ccc2ccc(/C3=c4\cccc\c4=C(/c4cccc(-c5ccccc5)c4)C/C=C\C=C/C3=C)cc2c1.CC. The Hall–Kier alpha value is -6.50. The predicted octanol–water partition coefficient (Wildman–Crippen LogP) is 11.8. The van der Waals surface area contributed by atoms with E-state index in [1.807, 2.05) is 32.0 Å². The Labute approximate surface area is 327 Å². The second kappa shape index (κ2) is 18.0. The zero-order valence-corrected chi connectivity index (χ0v) is 32.6. The molecular formula is C55H50. The fraction of sp³-hybridized carbons (Fsp3) is 0.0909. The Morgan fingerprint density at radius 1 is 0.618 bits per heavy atom. The van der Waals surface area contributed by atoms with Gasteiger partial charge in [0.2, 0.25) is 0 Å². The molecule has 0 heteroatoms. The second-order valence-corrected chi connectivity index (χ2v) is 13.6. The molecule has 0 unspecified atom stereocenters. The first-order valence-corrected chi connectivity index (χ1v) is 19.2. The molecule has 6 aromatic carbocycles. The molecule has 0 heterocycles. The molecule has 7 rings (SSSR count). The maximum atomic E-state index is 4.62. The largest absolute Gasteiger partial charge is 0.0915 e. The smallest absolute Gasteiger partial charge is 0.00385 e. The molecule has 55 heavy (non-hydrogen) atoms. The predicted molar refractivity (Wildman–Crippen MR) is 242 cm³/mol. The number of hydrogen-bond acceptors (Lipinski definition) is 0. The third kappa shape index (κ3) is 8.84. The zero-order chi connectivity index (χ0) is 38.7. The lowest BCUT2D eigenvalue weighted by atomic mass is 9.89. The Morgan fingerprint density at radius 2 is 1.31 bits per heavy atom. The quantitative estimate of drug-likeness (QED) is 0.145. The van der Waals surface area contributed by atoms with Crippen molar-refractivity contribution in [3.63, 3.8) is 0 Å². The molecule has 0 bridgehead atoms. The Kier molecular flexibility index (Phi) is 12.5. The summed E-state index contributed by atoms with van der Waals surface area (Å²) in [6.45, 7) is 21.4. The van der Waals surface area contributed by atoms with E-state index in [0.29, 0.717) is 0 Å². The van der Waals surface area contributed by atoms with Gasteiger partial charge < -0.3 is 0 Å². The van der Waals surface area contributed by atoms with Crippen molar-refractivity contribution in [3.8, 4) is 11.1 Å². The monoisotopic (exact) mass is 710 g/mol. The summed E-state index contributed by atoms with van der Waals surface area (Å²) in [5.41, 5.74) is 12.6. The van der Waals surface area contributed by atoms with Gasteiger partial charge in [-0.3, -0.25) is 0 Å². The van der Waals surface area contributed by atoms with Gasteiger partial charge in [0.15, 0.2) is 0 Å². The minimum Gasteiger partial charge on any atom is -0.0915 e. The van der Waals surface area contributed by atoms with Crippen molar-refractivity contribution in [2.75, 3.05) is 0 Å². The van der Waals surface area contributed by atoms with Crippen LogP contribution in [0.3, 0.4) is 0 Å². The summed E-state index contributed by atoms with van der Waals surface area (Å²) in [6.07, 6.45) is 16.0. The van der Waals surface area contributed by atoms with Crippen LogP contribution in [0.25, 0.3) is 51.3 Å². The van der Waals surface area contributed by atoms with Gasteiger partial charge in [-0.25, -0.2) is 0 Å². The van der Waals surface area contributed by atoms with Gasteiger partial charge >= 0.3 is 0 Å². The molecule has 0 fully saturated rings. The van der Waals surface area contributed by atoms with Gasteiger partial charge in [-0.05, 0) is 137 Å². The van der Waals surface area contributed by atoms with Crippen molar-refractivity contribution in [2.24, 2.45) is 0 Å². The molecule has 6 aromatic rings. The van der Waals surface area contributed by atoms with Gasteiger partial charge in [-0.2, -0.15) is 0 Å². The van der Waals surface area contributed by atoms with Crippen molar-refractivity contribution >= 4 is 40.1 Å². The fourth-order valence-corrected chi connectivity index (χ4v) is 7.12. The first kappa shape index (κ1) is 38.2. The van der Waals surface area contributed by atoms with Gasteiger partial charge in [0, 0.05) is 0 Å². The molecule has 0 spiro atoms. The minimum atomic E-state index is 0.811. The third-order valence-corrected chi connectivity index (χ3v) is 10.1. The lowest BCUT2D eigenvalue weighted by molar-refractivity contribution is 1.32. The van der Waals surface area contributed by atoms with Crippen LogP contribution in [0, 0.1) is 0 Å². The average molecular weight is 711 g/mol. The van der Waals surface area contributed by atoms with Crippen LogP contribution in [-0.4, -0.2) is 0 Å². The Morgan fingerprint density at radius 3 is 2.09 bits per heavy atom. The van der Waals surface area contributed by atoms with Crippen LogP contribution in [0.5, 0.6) is 0 Å². The highest BCUT2D eigenvalue weighted by atomic mass is 14.2. The lowest BCUT2D eigenvalue weighted by Crippen LogP contribution is -2.30. The van der Waals surface area contributed by atoms with E-state index < -0.39 is 0 Å². The van der Waals surface area contributed by atoms with Crippen LogP contribution < -0.4 is 20.9 Å². The maximum Gasteiger partial charge on any atom is -0.00385 e. The molecule has 270 valence electrons. The molecular weight excluding hydrogens is 661 g/mol. The van der Waals surface area contributed by atoms with Crippen LogP contribution in [0.2, 0.25) is 0 Å². The van der Waals surface area contributed by atoms with Crippen molar-refractivity contribution in [1.29, 1.82) is 0 Å². The topological polar surface area (TPSA) is 0 Å². The minimum absolute atomic E-state index is 0.811. The van der Waals surface area contributed by atoms with Gasteiger partial charge in [-0.1, -0.05) is 191 Å². The number of benzene rings is 6. The normalized spacial score (nSPS) is 16.8. The van der Waals surface area contributed by atoms with Crippen LogP contribution in [-0.2, 0) is 0 Å². The second-order valence-electron chi connectivity index (χ2n) is 13.6. The standard InChI is InChI=1S/C53H44.C2H6/c1-6-41(32-39(4)40(5)33-44-22-14-13-18-37(44)2)46-30-28-43-29-31-48(36-49(43)35-46)53-38(3)19-9-7-12-25-50(51-26-15-16-27-52(51)53)47-24-17-23-45(34-47)42-20-10-8-11-21-42;1-2/h6-24,26-36H,2-3,5,25H2,1,4H3;1-2H3/b12-7-,19-9-,39-32+,41-6+,44-33-,51-50+,53-52+;. The average Bonchev–Trinajstić information content (AvgIpc) is 3.23. The van der Waals surface area contributed by atoms with Crippen LogP contribution in [0.1, 0.15) is 50.8 Å². The molecule has 1 aliphatic rings. The highest BCUT2D eigenvalue weighted by Crippen LogP contribution is 2.29. The molecule has 0 nitrogen and oxygen atoms in total. The van der Waals surface area contributed by atoms with E-state index in [9.17, 15) is 0 Å².